The van der Waals surface area contributed by atoms with E-state index in [2.05, 4.69) is 0 Å². The monoisotopic (exact) mass is 915 g/mol. The van der Waals surface area contributed by atoms with Crippen LogP contribution in [0.4, 0.5) is 17.1 Å². The first-order chi connectivity index (χ1) is 29.9. The molecular weight excluding hydrogens is 867 g/mol. The van der Waals surface area contributed by atoms with E-state index in [-0.39, 0.29) is 42.7 Å². The van der Waals surface area contributed by atoms with E-state index >= 15 is 0 Å². The maximum Gasteiger partial charge on any atom is 0.335 e. The van der Waals surface area contributed by atoms with Crippen molar-refractivity contribution in [3.63, 3.8) is 0 Å². The van der Waals surface area contributed by atoms with Gasteiger partial charge in [-0.05, 0) is 94.8 Å². The summed E-state index contributed by atoms with van der Waals surface area (Å²) < 4.78 is 76.0. The van der Waals surface area contributed by atoms with Crippen LogP contribution in [0, 0.1) is 10.1 Å². The summed E-state index contributed by atoms with van der Waals surface area (Å²) >= 11 is 0. The van der Waals surface area contributed by atoms with Crippen LogP contribution in [-0.4, -0.2) is 98.2 Å². The summed E-state index contributed by atoms with van der Waals surface area (Å²) in [4.78, 5) is 35.4. The molecule has 64 heavy (non-hydrogen) atoms. The molecule has 18 heteroatoms. The second-order valence-electron chi connectivity index (χ2n) is 16.7. The van der Waals surface area contributed by atoms with Crippen molar-refractivity contribution < 1.29 is 64.6 Å². The van der Waals surface area contributed by atoms with Gasteiger partial charge in [0.15, 0.2) is 11.4 Å². The van der Waals surface area contributed by atoms with Crippen LogP contribution in [0.5, 0.6) is 5.75 Å². The van der Waals surface area contributed by atoms with Gasteiger partial charge in [0, 0.05) is 59.9 Å². The van der Waals surface area contributed by atoms with Gasteiger partial charge in [-0.3, -0.25) is 19.2 Å². The zero-order valence-corrected chi connectivity index (χ0v) is 37.4. The number of carboxylic acid groups (broad SMARTS) is 2. The Morgan fingerprint density at radius 2 is 1.20 bits per heavy atom. The molecule has 1 unspecified atom stereocenters. The quantitative estimate of drug-likeness (QED) is 0.0322. The number of nitro groups is 1. The third-order valence-electron chi connectivity index (χ3n) is 11.6. The van der Waals surface area contributed by atoms with E-state index in [0.29, 0.717) is 50.7 Å². The van der Waals surface area contributed by atoms with Crippen molar-refractivity contribution in [3.8, 4) is 5.75 Å². The molecule has 0 spiro atoms. The van der Waals surface area contributed by atoms with Gasteiger partial charge in [0.05, 0.1) is 43.9 Å². The summed E-state index contributed by atoms with van der Waals surface area (Å²) in [6, 6.07) is 21.0. The molecule has 0 aromatic heterocycles. The third-order valence-corrected chi connectivity index (χ3v) is 13.2. The number of carbonyl (C=O) groups is 2. The predicted octanol–water partition coefficient (Wildman–Crippen LogP) is 7.87. The van der Waals surface area contributed by atoms with E-state index in [4.69, 9.17) is 4.74 Å². The smallest absolute Gasteiger partial charge is 0.335 e. The van der Waals surface area contributed by atoms with Gasteiger partial charge in [-0.25, -0.2) is 9.59 Å². The van der Waals surface area contributed by atoms with Crippen LogP contribution in [0.3, 0.4) is 0 Å². The fourth-order valence-corrected chi connectivity index (χ4v) is 9.40. The zero-order chi connectivity index (χ0) is 46.9. The number of carboxylic acids is 2. The normalized spacial score (nSPS) is 16.0. The molecule has 336 valence electrons. The van der Waals surface area contributed by atoms with Gasteiger partial charge in [-0.2, -0.15) is 26.0 Å². The minimum atomic E-state index is -4.28. The number of hydrogen-bond acceptors (Lipinski definition) is 9. The minimum absolute atomic E-state index is 0.0535. The predicted molar refractivity (Wildman–Crippen MR) is 241 cm³/mol. The zero-order valence-electron chi connectivity index (χ0n) is 35.8. The van der Waals surface area contributed by atoms with E-state index in [1.807, 2.05) is 61.1 Å². The van der Waals surface area contributed by atoms with Gasteiger partial charge in [-0.15, -0.1) is 0 Å². The van der Waals surface area contributed by atoms with E-state index in [1.54, 1.807) is 67.6 Å². The van der Waals surface area contributed by atoms with Gasteiger partial charge < -0.3 is 14.9 Å². The molecule has 16 nitrogen and oxygen atoms in total. The molecule has 0 bridgehead atoms. The number of aromatic carboxylic acids is 2. The Balaban J connectivity index is 1.47. The SMILES string of the molecule is CC(Oc1ccc(/C=C/C2=[N+](CCCS(=O)(=O)O)c3ccc(C(=O)O)cc3C2(C)C)cc1/C=C/C1=[N+](CCCS(=O)(=O)O)c2ccc(C(=O)O)cc2C1(C)C)c1ccccc1[N+](=O)[O-]. The molecule has 2 aliphatic rings. The maximum absolute atomic E-state index is 12.0. The van der Waals surface area contributed by atoms with E-state index in [1.165, 1.54) is 18.2 Å². The lowest BCUT2D eigenvalue weighted by molar-refractivity contribution is -0.437. The highest BCUT2D eigenvalue weighted by Crippen LogP contribution is 2.43. The number of nitrogens with zero attached hydrogens (tertiary/aromatic N) is 3. The summed E-state index contributed by atoms with van der Waals surface area (Å²) in [5.41, 5.74) is 4.19. The van der Waals surface area contributed by atoms with Crippen LogP contribution in [0.25, 0.3) is 12.2 Å². The second kappa shape index (κ2) is 18.0. The summed E-state index contributed by atoms with van der Waals surface area (Å²) in [7, 11) is -8.53. The highest BCUT2D eigenvalue weighted by molar-refractivity contribution is 7.86. The third kappa shape index (κ3) is 10.2. The maximum atomic E-state index is 12.0. The Kier molecular flexibility index (Phi) is 13.3. The topological polar surface area (TPSA) is 242 Å². The number of allylic oxidation sites excluding steroid dienone is 2. The van der Waals surface area contributed by atoms with Gasteiger partial charge in [0.25, 0.3) is 25.9 Å². The number of fused-ring (bicyclic) bond motifs is 2. The molecule has 0 fully saturated rings. The average molecular weight is 916 g/mol. The molecule has 2 aliphatic heterocycles. The first-order valence-corrected chi connectivity index (χ1v) is 23.5. The van der Waals surface area contributed by atoms with Gasteiger partial charge in [0.2, 0.25) is 11.4 Å². The van der Waals surface area contributed by atoms with Crippen molar-refractivity contribution >= 4 is 72.8 Å². The lowest BCUT2D eigenvalue weighted by Gasteiger charge is -2.18. The average Bonchev–Trinajstić information content (AvgIpc) is 3.55. The summed E-state index contributed by atoms with van der Waals surface area (Å²) in [5, 5.41) is 31.6. The molecule has 4 aromatic carbocycles. The number of nitro benzene ring substituents is 1. The van der Waals surface area contributed by atoms with Crippen LogP contribution in [0.1, 0.15) is 102 Å². The number of ether oxygens (including phenoxy) is 1. The molecule has 0 saturated heterocycles. The van der Waals surface area contributed by atoms with E-state index in [9.17, 15) is 55.9 Å². The number of para-hydroxylation sites is 1. The molecule has 6 rings (SSSR count). The highest BCUT2D eigenvalue weighted by atomic mass is 32.2. The Hall–Kier alpha value is -6.34. The van der Waals surface area contributed by atoms with Crippen molar-refractivity contribution in [3.05, 3.63) is 140 Å². The summed E-state index contributed by atoms with van der Waals surface area (Å²) in [6.45, 7) is 9.71. The largest absolute Gasteiger partial charge is 0.485 e. The molecule has 0 aliphatic carbocycles. The van der Waals surface area contributed by atoms with Gasteiger partial charge >= 0.3 is 11.9 Å². The van der Waals surface area contributed by atoms with E-state index < -0.39 is 65.5 Å². The molecule has 2 heterocycles. The number of hydrogen-bond donors (Lipinski definition) is 4. The molecule has 4 N–H and O–H groups in total. The van der Waals surface area contributed by atoms with Gasteiger partial charge in [-0.1, -0.05) is 18.2 Å². The molecule has 1 atom stereocenters. The van der Waals surface area contributed by atoms with Crippen molar-refractivity contribution in [1.29, 1.82) is 0 Å². The van der Waals surface area contributed by atoms with Crippen molar-refractivity contribution in [2.45, 2.75) is 64.4 Å². The van der Waals surface area contributed by atoms with Crippen molar-refractivity contribution in [1.82, 2.24) is 0 Å². The first kappa shape index (κ1) is 47.1. The molecular formula is C46H49N3O13S2+2. The van der Waals surface area contributed by atoms with Crippen molar-refractivity contribution in [2.75, 3.05) is 24.6 Å². The number of benzene rings is 4. The van der Waals surface area contributed by atoms with Gasteiger partial charge in [0.1, 0.15) is 24.9 Å². The van der Waals surface area contributed by atoms with E-state index in [0.717, 1.165) is 5.71 Å². The van der Waals surface area contributed by atoms with Crippen molar-refractivity contribution in [2.24, 2.45) is 0 Å². The first-order valence-electron chi connectivity index (χ1n) is 20.2. The van der Waals surface area contributed by atoms with Crippen LogP contribution in [-0.2, 0) is 31.1 Å². The fraction of sp³-hybridized carbons (Fsp3) is 0.304. The lowest BCUT2D eigenvalue weighted by Crippen LogP contribution is -2.28. The highest BCUT2D eigenvalue weighted by Gasteiger charge is 2.46. The molecule has 4 aromatic rings. The number of rotatable bonds is 18. The Morgan fingerprint density at radius 1 is 0.719 bits per heavy atom. The fourth-order valence-electron chi connectivity index (χ4n) is 8.41. The minimum Gasteiger partial charge on any atom is -0.485 e. The van der Waals surface area contributed by atoms with Crippen LogP contribution < -0.4 is 4.74 Å². The molecule has 0 saturated carbocycles. The Labute approximate surface area is 370 Å². The summed E-state index contributed by atoms with van der Waals surface area (Å²) in [5.74, 6) is -2.85. The Morgan fingerprint density at radius 3 is 1.67 bits per heavy atom. The Bertz CT molecular complexity index is 2930. The summed E-state index contributed by atoms with van der Waals surface area (Å²) in [6.07, 6.45) is 6.64. The van der Waals surface area contributed by atoms with Crippen LogP contribution >= 0.6 is 0 Å². The second-order valence-corrected chi connectivity index (χ2v) is 19.9. The molecule has 0 radical (unpaired) electrons. The lowest BCUT2D eigenvalue weighted by atomic mass is 9.80. The standard InChI is InChI=1S/C46H47N3O13S2/c1-29(34-10-6-7-11-37(34)49(54)55)62-40-19-12-30(13-20-41-45(2,3)35-27-32(43(50)51)14-17-38(35)47(41)22-8-24-63(56,57)58)26-31(40)16-21-42-46(4,5)36-28-33(44(52)53)15-18-39(36)48(42)23-9-25-64(59,60)61/h6-7,10-21,26-29H,8-9,22-25H2,1-5H3,(H2-2,50,51,52,53,56,57,58,59,60,61)/p+2/b20-13+,21-16+. The van der Waals surface area contributed by atoms with Crippen LogP contribution in [0.15, 0.2) is 91.0 Å². The van der Waals surface area contributed by atoms with Crippen LogP contribution in [0.2, 0.25) is 0 Å². The molecule has 0 amide bonds.